The first-order chi connectivity index (χ1) is 24.1. The molecule has 0 radical (unpaired) electrons. The smallest absolute Gasteiger partial charge is 0.364 e. The van der Waals surface area contributed by atoms with E-state index in [0.29, 0.717) is 40.4 Å². The van der Waals surface area contributed by atoms with Gasteiger partial charge in [-0.3, -0.25) is 14.3 Å². The highest BCUT2D eigenvalue weighted by Gasteiger charge is 2.33. The van der Waals surface area contributed by atoms with E-state index in [4.69, 9.17) is 4.98 Å². The molecule has 1 aliphatic heterocycles. The number of halogens is 4. The first-order valence-electron chi connectivity index (χ1n) is 17.1. The zero-order valence-electron chi connectivity index (χ0n) is 28.0. The minimum Gasteiger partial charge on any atom is -0.364 e. The SMILES string of the molecule is Cc1cc(C2CCCCC2)ncc1-c1cc2cnc(Nc3ccc(N4CCNCC4C)c(F)c3)nc2n(Cc2ccccc2C(F)(F)F)c1=O. The van der Waals surface area contributed by atoms with Crippen LogP contribution >= 0.6 is 0 Å². The van der Waals surface area contributed by atoms with Gasteiger partial charge in [0.25, 0.3) is 5.56 Å². The molecule has 7 rings (SSSR count). The third-order valence-electron chi connectivity index (χ3n) is 9.94. The number of benzene rings is 2. The van der Waals surface area contributed by atoms with Gasteiger partial charge in [-0.05, 0) is 74.2 Å². The van der Waals surface area contributed by atoms with E-state index in [0.717, 1.165) is 56.1 Å². The van der Waals surface area contributed by atoms with E-state index in [1.54, 1.807) is 24.4 Å². The summed E-state index contributed by atoms with van der Waals surface area (Å²) in [6, 6.07) is 13.8. The van der Waals surface area contributed by atoms with Crippen LogP contribution in [0.1, 0.15) is 67.3 Å². The van der Waals surface area contributed by atoms with E-state index in [1.165, 1.54) is 41.5 Å². The summed E-state index contributed by atoms with van der Waals surface area (Å²) < 4.78 is 58.9. The molecule has 1 saturated heterocycles. The molecule has 1 atom stereocenters. The normalized spacial score (nSPS) is 17.3. The summed E-state index contributed by atoms with van der Waals surface area (Å²) in [6.07, 6.45) is 4.30. The van der Waals surface area contributed by atoms with Crippen molar-refractivity contribution in [1.82, 2.24) is 24.8 Å². The fourth-order valence-corrected chi connectivity index (χ4v) is 7.29. The Hall–Kier alpha value is -4.84. The van der Waals surface area contributed by atoms with Crippen LogP contribution in [0.5, 0.6) is 0 Å². The van der Waals surface area contributed by atoms with Crippen molar-refractivity contribution in [3.63, 3.8) is 0 Å². The van der Waals surface area contributed by atoms with Crippen molar-refractivity contribution in [2.45, 2.75) is 70.6 Å². The largest absolute Gasteiger partial charge is 0.416 e. The number of fused-ring (bicyclic) bond motifs is 1. The molecule has 5 aromatic rings. The molecular formula is C38H39F4N7O. The second kappa shape index (κ2) is 13.8. The topological polar surface area (TPSA) is 88.0 Å². The van der Waals surface area contributed by atoms with Crippen molar-refractivity contribution in [2.24, 2.45) is 0 Å². The molecule has 12 heteroatoms. The number of anilines is 3. The lowest BCUT2D eigenvalue weighted by molar-refractivity contribution is -0.138. The van der Waals surface area contributed by atoms with Crippen LogP contribution in [-0.2, 0) is 12.7 Å². The molecule has 2 aliphatic rings. The quantitative estimate of drug-likeness (QED) is 0.168. The Morgan fingerprint density at radius 1 is 0.980 bits per heavy atom. The molecular weight excluding hydrogens is 646 g/mol. The monoisotopic (exact) mass is 685 g/mol. The molecule has 3 aromatic heterocycles. The second-order valence-electron chi connectivity index (χ2n) is 13.4. The van der Waals surface area contributed by atoms with E-state index in [9.17, 15) is 18.0 Å². The highest BCUT2D eigenvalue weighted by Crippen LogP contribution is 2.35. The Bertz CT molecular complexity index is 2090. The second-order valence-corrected chi connectivity index (χ2v) is 13.4. The number of alkyl halides is 3. The molecule has 260 valence electrons. The van der Waals surface area contributed by atoms with Gasteiger partial charge in [0.05, 0.1) is 17.8 Å². The van der Waals surface area contributed by atoms with Crippen LogP contribution in [0.4, 0.5) is 34.9 Å². The van der Waals surface area contributed by atoms with Crippen molar-refractivity contribution in [1.29, 1.82) is 0 Å². The Morgan fingerprint density at radius 2 is 1.78 bits per heavy atom. The maximum Gasteiger partial charge on any atom is 0.416 e. The van der Waals surface area contributed by atoms with Gasteiger partial charge in [0, 0.05) is 71.9 Å². The Balaban J connectivity index is 1.29. The van der Waals surface area contributed by atoms with Crippen molar-refractivity contribution < 1.29 is 17.6 Å². The number of piperazine rings is 1. The van der Waals surface area contributed by atoms with E-state index in [1.807, 2.05) is 24.8 Å². The fraction of sp³-hybridized carbons (Fsp3) is 0.368. The van der Waals surface area contributed by atoms with Crippen molar-refractivity contribution in [3.05, 3.63) is 106 Å². The molecule has 1 saturated carbocycles. The molecule has 2 fully saturated rings. The molecule has 0 amide bonds. The van der Waals surface area contributed by atoms with Gasteiger partial charge in [-0.25, -0.2) is 9.37 Å². The predicted molar refractivity (Wildman–Crippen MR) is 187 cm³/mol. The summed E-state index contributed by atoms with van der Waals surface area (Å²) in [5.74, 6) is 0.0338. The number of pyridine rings is 2. The maximum absolute atomic E-state index is 15.3. The highest BCUT2D eigenvalue weighted by atomic mass is 19.4. The lowest BCUT2D eigenvalue weighted by Crippen LogP contribution is -2.50. The van der Waals surface area contributed by atoms with Crippen molar-refractivity contribution in [2.75, 3.05) is 29.9 Å². The lowest BCUT2D eigenvalue weighted by Gasteiger charge is -2.36. The molecule has 4 heterocycles. The fourth-order valence-electron chi connectivity index (χ4n) is 7.29. The lowest BCUT2D eigenvalue weighted by atomic mass is 9.86. The van der Waals surface area contributed by atoms with Crippen LogP contribution in [0.2, 0.25) is 0 Å². The molecule has 1 unspecified atom stereocenters. The van der Waals surface area contributed by atoms with Crippen LogP contribution < -0.4 is 21.1 Å². The minimum atomic E-state index is -4.62. The van der Waals surface area contributed by atoms with Gasteiger partial charge < -0.3 is 15.5 Å². The zero-order valence-corrected chi connectivity index (χ0v) is 28.0. The molecule has 8 nitrogen and oxygen atoms in total. The van der Waals surface area contributed by atoms with Crippen LogP contribution in [-0.4, -0.2) is 45.2 Å². The summed E-state index contributed by atoms with van der Waals surface area (Å²) in [5.41, 5.74) is 2.37. The number of hydrogen-bond acceptors (Lipinski definition) is 7. The van der Waals surface area contributed by atoms with E-state index < -0.39 is 23.1 Å². The summed E-state index contributed by atoms with van der Waals surface area (Å²) >= 11 is 0. The number of aryl methyl sites for hydroxylation is 1. The number of nitrogens with zero attached hydrogens (tertiary/aromatic N) is 5. The van der Waals surface area contributed by atoms with Gasteiger partial charge >= 0.3 is 6.18 Å². The number of hydrogen-bond donors (Lipinski definition) is 2. The van der Waals surface area contributed by atoms with Gasteiger partial charge in [-0.15, -0.1) is 0 Å². The van der Waals surface area contributed by atoms with E-state index in [-0.39, 0.29) is 29.7 Å². The van der Waals surface area contributed by atoms with Crippen LogP contribution in [0.15, 0.2) is 71.8 Å². The Labute approximate surface area is 287 Å². The number of rotatable bonds is 7. The summed E-state index contributed by atoms with van der Waals surface area (Å²) in [4.78, 5) is 30.2. The zero-order chi connectivity index (χ0) is 35.0. The molecule has 1 aliphatic carbocycles. The van der Waals surface area contributed by atoms with E-state index in [2.05, 4.69) is 20.6 Å². The molecule has 0 spiro atoms. The Kier molecular flexibility index (Phi) is 9.30. The van der Waals surface area contributed by atoms with Gasteiger partial charge in [0.1, 0.15) is 11.5 Å². The van der Waals surface area contributed by atoms with Crippen molar-refractivity contribution in [3.8, 4) is 11.1 Å². The van der Waals surface area contributed by atoms with Crippen LogP contribution in [0.3, 0.4) is 0 Å². The minimum absolute atomic E-state index is 0.0693. The first kappa shape index (κ1) is 33.6. The van der Waals surface area contributed by atoms with Gasteiger partial charge in [-0.2, -0.15) is 18.2 Å². The van der Waals surface area contributed by atoms with Crippen LogP contribution in [0.25, 0.3) is 22.2 Å². The first-order valence-corrected chi connectivity index (χ1v) is 17.1. The third kappa shape index (κ3) is 6.81. The summed E-state index contributed by atoms with van der Waals surface area (Å²) in [6.45, 7) is 5.76. The Morgan fingerprint density at radius 3 is 2.52 bits per heavy atom. The van der Waals surface area contributed by atoms with Crippen LogP contribution in [0, 0.1) is 12.7 Å². The highest BCUT2D eigenvalue weighted by molar-refractivity contribution is 5.82. The van der Waals surface area contributed by atoms with Gasteiger partial charge in [0.15, 0.2) is 0 Å². The standard InChI is InChI=1S/C38H39F4N7O/c1-23-16-33(25-8-4-3-5-9-25)44-21-30(23)29-17-27-20-45-37(46-28-12-13-34(32(39)18-28)48-15-14-43-19-24(48)2)47-35(27)49(36(29)50)22-26-10-6-7-11-31(26)38(40,41)42/h6-7,10-13,16-18,20-21,24-25,43H,3-5,8-9,14-15,19,22H2,1-2H3,(H,45,46,47). The van der Waals surface area contributed by atoms with Crippen molar-refractivity contribution >= 4 is 28.4 Å². The number of aromatic nitrogens is 4. The van der Waals surface area contributed by atoms with E-state index >= 15 is 4.39 Å². The maximum atomic E-state index is 15.3. The predicted octanol–water partition coefficient (Wildman–Crippen LogP) is 7.96. The molecule has 0 bridgehead atoms. The summed E-state index contributed by atoms with van der Waals surface area (Å²) in [7, 11) is 0. The van der Waals surface area contributed by atoms with Gasteiger partial charge in [0.2, 0.25) is 5.95 Å². The average Bonchev–Trinajstić information content (AvgIpc) is 3.10. The molecule has 2 aromatic carbocycles. The third-order valence-corrected chi connectivity index (χ3v) is 9.94. The van der Waals surface area contributed by atoms with Gasteiger partial charge in [-0.1, -0.05) is 37.5 Å². The average molecular weight is 686 g/mol. The molecule has 2 N–H and O–H groups in total. The summed E-state index contributed by atoms with van der Waals surface area (Å²) in [5, 5.41) is 6.78. The number of nitrogens with one attached hydrogen (secondary N) is 2. The molecule has 50 heavy (non-hydrogen) atoms.